The van der Waals surface area contributed by atoms with Gasteiger partial charge in [0.25, 0.3) is 0 Å². The van der Waals surface area contributed by atoms with Crippen molar-refractivity contribution in [1.82, 2.24) is 14.6 Å². The topological polar surface area (TPSA) is 83.3 Å². The number of urea groups is 1. The molecule has 0 fully saturated rings. The minimum atomic E-state index is -4.59. The number of hydrogen-bond acceptors (Lipinski definition) is 4. The lowest BCUT2D eigenvalue weighted by atomic mass is 10.1. The predicted molar refractivity (Wildman–Crippen MR) is 149 cm³/mol. The number of anilines is 3. The molecule has 0 spiro atoms. The molecule has 3 aromatic carbocycles. The largest absolute Gasteiger partial charge is 0.418 e. The molecule has 0 saturated carbocycles. The van der Waals surface area contributed by atoms with Crippen molar-refractivity contribution < 1.29 is 18.0 Å². The van der Waals surface area contributed by atoms with Gasteiger partial charge in [-0.2, -0.15) is 22.8 Å². The van der Waals surface area contributed by atoms with Gasteiger partial charge in [-0.15, -0.1) is 0 Å². The van der Waals surface area contributed by atoms with Gasteiger partial charge in [0.2, 0.25) is 0 Å². The van der Waals surface area contributed by atoms with E-state index < -0.39 is 17.8 Å². The Morgan fingerprint density at radius 2 is 1.74 bits per heavy atom. The zero-order valence-corrected chi connectivity index (χ0v) is 22.3. The van der Waals surface area contributed by atoms with Crippen LogP contribution in [0.15, 0.2) is 89.5 Å². The summed E-state index contributed by atoms with van der Waals surface area (Å²) in [5.74, 6) is 0.653. The molecule has 0 unspecified atom stereocenters. The first kappa shape index (κ1) is 26.5. The van der Waals surface area contributed by atoms with E-state index in [9.17, 15) is 18.0 Å². The van der Waals surface area contributed by atoms with Gasteiger partial charge in [0, 0.05) is 28.9 Å². The third-order valence-electron chi connectivity index (χ3n) is 5.72. The quantitative estimate of drug-likeness (QED) is 0.180. The van der Waals surface area contributed by atoms with Crippen LogP contribution in [0.3, 0.4) is 0 Å². The summed E-state index contributed by atoms with van der Waals surface area (Å²) in [7, 11) is 0. The van der Waals surface area contributed by atoms with Crippen LogP contribution in [-0.4, -0.2) is 20.6 Å². The maximum atomic E-state index is 13.2. The van der Waals surface area contributed by atoms with E-state index in [1.165, 1.54) is 18.2 Å². The summed E-state index contributed by atoms with van der Waals surface area (Å²) in [5, 5.41) is 13.1. The van der Waals surface area contributed by atoms with Crippen LogP contribution in [0.2, 0.25) is 5.02 Å². The van der Waals surface area contributed by atoms with E-state index in [4.69, 9.17) is 11.6 Å². The van der Waals surface area contributed by atoms with Crippen molar-refractivity contribution >= 4 is 56.4 Å². The fourth-order valence-corrected chi connectivity index (χ4v) is 4.53. The molecule has 3 N–H and O–H groups in total. The van der Waals surface area contributed by atoms with Crippen molar-refractivity contribution in [1.29, 1.82) is 0 Å². The normalized spacial score (nSPS) is 11.4. The highest BCUT2D eigenvalue weighted by atomic mass is 79.9. The van der Waals surface area contributed by atoms with Crippen LogP contribution in [-0.2, 0) is 12.7 Å². The summed E-state index contributed by atoms with van der Waals surface area (Å²) in [6.45, 7) is 0.354. The summed E-state index contributed by atoms with van der Waals surface area (Å²) in [6.07, 6.45) is -2.95. The molecule has 12 heteroatoms. The lowest BCUT2D eigenvalue weighted by Crippen LogP contribution is -2.22. The molecule has 0 saturated heterocycles. The van der Waals surface area contributed by atoms with Gasteiger partial charge in [0.15, 0.2) is 5.65 Å². The molecule has 0 aliphatic carbocycles. The summed E-state index contributed by atoms with van der Waals surface area (Å²) in [5.41, 5.74) is 1.98. The van der Waals surface area contributed by atoms with Crippen LogP contribution in [0.4, 0.5) is 35.2 Å². The Hall–Kier alpha value is -4.09. The predicted octanol–water partition coefficient (Wildman–Crippen LogP) is 8.09. The first-order valence-corrected chi connectivity index (χ1v) is 12.7. The van der Waals surface area contributed by atoms with Crippen LogP contribution in [0, 0.1) is 0 Å². The fraction of sp³-hybridized carbons (Fsp3) is 0.0741. The molecule has 2 amide bonds. The van der Waals surface area contributed by atoms with E-state index >= 15 is 0 Å². The van der Waals surface area contributed by atoms with Crippen molar-refractivity contribution in [2.75, 3.05) is 16.0 Å². The number of halogens is 5. The molecular weight excluding hydrogens is 597 g/mol. The third-order valence-corrected chi connectivity index (χ3v) is 6.61. The Morgan fingerprint density at radius 1 is 0.974 bits per heavy atom. The van der Waals surface area contributed by atoms with Crippen molar-refractivity contribution in [3.8, 4) is 11.3 Å². The van der Waals surface area contributed by atoms with Crippen LogP contribution < -0.4 is 16.0 Å². The van der Waals surface area contributed by atoms with Crippen molar-refractivity contribution in [2.45, 2.75) is 12.7 Å². The van der Waals surface area contributed by atoms with E-state index in [2.05, 4.69) is 42.0 Å². The number of nitrogens with one attached hydrogen (secondary N) is 3. The first-order valence-electron chi connectivity index (χ1n) is 11.6. The van der Waals surface area contributed by atoms with Gasteiger partial charge in [-0.1, -0.05) is 54.1 Å². The second-order valence-corrected chi connectivity index (χ2v) is 9.67. The van der Waals surface area contributed by atoms with Crippen molar-refractivity contribution in [2.24, 2.45) is 0 Å². The van der Waals surface area contributed by atoms with E-state index in [0.29, 0.717) is 38.9 Å². The van der Waals surface area contributed by atoms with E-state index in [-0.39, 0.29) is 5.69 Å². The maximum Gasteiger partial charge on any atom is 0.418 e. The highest BCUT2D eigenvalue weighted by Crippen LogP contribution is 2.35. The lowest BCUT2D eigenvalue weighted by molar-refractivity contribution is -0.136. The van der Waals surface area contributed by atoms with Gasteiger partial charge in [-0.05, 0) is 51.8 Å². The van der Waals surface area contributed by atoms with Gasteiger partial charge < -0.3 is 16.0 Å². The Labute approximate surface area is 234 Å². The number of aromatic nitrogens is 3. The van der Waals surface area contributed by atoms with Crippen LogP contribution in [0.25, 0.3) is 16.9 Å². The van der Waals surface area contributed by atoms with Gasteiger partial charge in [-0.3, -0.25) is 0 Å². The van der Waals surface area contributed by atoms with Gasteiger partial charge >= 0.3 is 12.2 Å². The Balaban J connectivity index is 1.33. The van der Waals surface area contributed by atoms with Crippen LogP contribution >= 0.6 is 27.5 Å². The van der Waals surface area contributed by atoms with E-state index in [1.54, 1.807) is 35.0 Å². The molecule has 198 valence electrons. The molecule has 39 heavy (non-hydrogen) atoms. The molecule has 7 nitrogen and oxygen atoms in total. The minimum absolute atomic E-state index is 0.332. The minimum Gasteiger partial charge on any atom is -0.366 e. The number of para-hydroxylation sites is 1. The standard InChI is InChI=1S/C27H19BrClF3N6O/c28-20-15-34-38-24(13-23(36-25(20)38)18-8-1-3-10-21(18)29)33-14-16-6-5-7-17(12-16)35-26(39)37-22-11-4-2-9-19(22)27(30,31)32/h1-13,15,33H,14H2,(H2,35,37,39). The average molecular weight is 616 g/mol. The molecule has 0 radical (unpaired) electrons. The number of benzene rings is 3. The molecule has 0 bridgehead atoms. The summed E-state index contributed by atoms with van der Waals surface area (Å²) >= 11 is 9.88. The van der Waals surface area contributed by atoms with Crippen LogP contribution in [0.1, 0.15) is 11.1 Å². The van der Waals surface area contributed by atoms with Gasteiger partial charge in [0.1, 0.15) is 5.82 Å². The summed E-state index contributed by atoms with van der Waals surface area (Å²) in [6, 6.07) is 20.2. The smallest absolute Gasteiger partial charge is 0.366 e. The molecule has 0 atom stereocenters. The zero-order valence-electron chi connectivity index (χ0n) is 19.9. The highest BCUT2D eigenvalue weighted by molar-refractivity contribution is 9.10. The number of fused-ring (bicyclic) bond motifs is 1. The van der Waals surface area contributed by atoms with E-state index in [1.807, 2.05) is 30.3 Å². The number of hydrogen-bond donors (Lipinski definition) is 3. The molecule has 5 aromatic rings. The summed E-state index contributed by atoms with van der Waals surface area (Å²) < 4.78 is 42.1. The Bertz CT molecular complexity index is 1670. The third kappa shape index (κ3) is 5.99. The number of alkyl halides is 3. The second kappa shape index (κ2) is 11.0. The maximum absolute atomic E-state index is 13.2. The number of nitrogens with zero attached hydrogens (tertiary/aromatic N) is 3. The summed E-state index contributed by atoms with van der Waals surface area (Å²) in [4.78, 5) is 17.1. The van der Waals surface area contributed by atoms with E-state index in [0.717, 1.165) is 17.2 Å². The second-order valence-electron chi connectivity index (χ2n) is 8.41. The van der Waals surface area contributed by atoms with Gasteiger partial charge in [-0.25, -0.2) is 9.78 Å². The zero-order chi connectivity index (χ0) is 27.6. The lowest BCUT2D eigenvalue weighted by Gasteiger charge is -2.15. The first-order chi connectivity index (χ1) is 18.7. The molecule has 2 heterocycles. The molecule has 5 rings (SSSR count). The average Bonchev–Trinajstić information content (AvgIpc) is 3.28. The molecule has 0 aliphatic heterocycles. The van der Waals surface area contributed by atoms with Crippen LogP contribution in [0.5, 0.6) is 0 Å². The Morgan fingerprint density at radius 3 is 2.54 bits per heavy atom. The molecule has 0 aliphatic rings. The fourth-order valence-electron chi connectivity index (χ4n) is 3.94. The van der Waals surface area contributed by atoms with Gasteiger partial charge in [0.05, 0.1) is 27.6 Å². The van der Waals surface area contributed by atoms with Crippen molar-refractivity contribution in [3.05, 3.63) is 106 Å². The number of amides is 2. The highest BCUT2D eigenvalue weighted by Gasteiger charge is 2.33. The number of rotatable bonds is 6. The molecular formula is C27H19BrClF3N6O. The molecule has 2 aromatic heterocycles. The number of carbonyl (C=O) groups is 1. The SMILES string of the molecule is O=C(Nc1cccc(CNc2cc(-c3ccccc3Cl)nc3c(Br)cnn23)c1)Nc1ccccc1C(F)(F)F. The number of carbonyl (C=O) groups excluding carboxylic acids is 1. The Kier molecular flexibility index (Phi) is 7.45. The van der Waals surface area contributed by atoms with Crippen molar-refractivity contribution in [3.63, 3.8) is 0 Å². The monoisotopic (exact) mass is 614 g/mol.